The predicted molar refractivity (Wildman–Crippen MR) is 123 cm³/mol. The van der Waals surface area contributed by atoms with Crippen LogP contribution in [-0.2, 0) is 30.1 Å². The summed E-state index contributed by atoms with van der Waals surface area (Å²) in [5.41, 5.74) is -0.128. The molecule has 184 valence electrons. The van der Waals surface area contributed by atoms with E-state index < -0.39 is 43.1 Å². The molecular formula is C22H24ClFN2O6S2. The van der Waals surface area contributed by atoms with Crippen LogP contribution < -0.4 is 4.72 Å². The van der Waals surface area contributed by atoms with Crippen LogP contribution in [0.1, 0.15) is 37.8 Å². The van der Waals surface area contributed by atoms with Crippen molar-refractivity contribution in [2.45, 2.75) is 52.8 Å². The molecule has 0 saturated carbocycles. The monoisotopic (exact) mass is 530 g/mol. The highest BCUT2D eigenvalue weighted by atomic mass is 35.5. The van der Waals surface area contributed by atoms with E-state index in [1.807, 2.05) is 0 Å². The van der Waals surface area contributed by atoms with Gasteiger partial charge in [0.15, 0.2) is 0 Å². The smallest absolute Gasteiger partial charge is 0.317 e. The number of benzene rings is 2. The van der Waals surface area contributed by atoms with Crippen molar-refractivity contribution in [3.8, 4) is 0 Å². The Labute approximate surface area is 202 Å². The molecule has 0 atom stereocenters. The lowest BCUT2D eigenvalue weighted by molar-refractivity contribution is -0.138. The Balaban J connectivity index is 1.70. The van der Waals surface area contributed by atoms with Crippen LogP contribution in [0.15, 0.2) is 45.0 Å². The summed E-state index contributed by atoms with van der Waals surface area (Å²) in [5.74, 6) is -1.66. The van der Waals surface area contributed by atoms with E-state index >= 15 is 0 Å². The van der Waals surface area contributed by atoms with Crippen molar-refractivity contribution in [3.63, 3.8) is 0 Å². The molecule has 4 rings (SSSR count). The molecule has 34 heavy (non-hydrogen) atoms. The quantitative estimate of drug-likeness (QED) is 0.609. The van der Waals surface area contributed by atoms with Crippen molar-refractivity contribution in [1.82, 2.24) is 9.62 Å². The maximum atomic E-state index is 13.9. The van der Waals surface area contributed by atoms with Crippen molar-refractivity contribution in [3.05, 3.63) is 52.3 Å². The SMILES string of the molecule is CC1(C)c2ccc(F)cc2S(=O)(=O)c2cc(S(=O)(=O)NC3CCN(CC(=O)O)CC3)c(Cl)cc21. The summed E-state index contributed by atoms with van der Waals surface area (Å²) in [7, 11) is -8.39. The van der Waals surface area contributed by atoms with Gasteiger partial charge < -0.3 is 5.11 Å². The summed E-state index contributed by atoms with van der Waals surface area (Å²) >= 11 is 6.37. The number of nitrogens with zero attached hydrogens (tertiary/aromatic N) is 1. The average Bonchev–Trinajstić information content (AvgIpc) is 2.73. The zero-order chi connectivity index (χ0) is 25.1. The number of sulfone groups is 1. The molecule has 2 aliphatic rings. The fourth-order valence-corrected chi connectivity index (χ4v) is 8.56. The average molecular weight is 531 g/mol. The number of rotatable bonds is 5. The number of hydrogen-bond acceptors (Lipinski definition) is 6. The van der Waals surface area contributed by atoms with Crippen LogP contribution in [0.4, 0.5) is 4.39 Å². The van der Waals surface area contributed by atoms with Crippen molar-refractivity contribution in [2.24, 2.45) is 0 Å². The van der Waals surface area contributed by atoms with Gasteiger partial charge in [-0.2, -0.15) is 0 Å². The van der Waals surface area contributed by atoms with E-state index in [4.69, 9.17) is 16.7 Å². The van der Waals surface area contributed by atoms with Gasteiger partial charge in [-0.3, -0.25) is 9.69 Å². The minimum atomic E-state index is -4.20. The molecule has 2 heterocycles. The Morgan fingerprint density at radius 3 is 2.41 bits per heavy atom. The topological polar surface area (TPSA) is 121 Å². The first-order chi connectivity index (χ1) is 15.7. The maximum absolute atomic E-state index is 13.9. The Hall–Kier alpha value is -2.05. The number of sulfonamides is 1. The Morgan fingerprint density at radius 2 is 1.79 bits per heavy atom. The normalized spacial score (nSPS) is 19.9. The molecule has 0 amide bonds. The molecule has 12 heteroatoms. The van der Waals surface area contributed by atoms with E-state index in [0.29, 0.717) is 37.1 Å². The number of carboxylic acid groups (broad SMARTS) is 1. The standard InChI is InChI=1S/C22H24ClFN2O6S2/c1-22(2)15-4-3-13(24)9-18(15)33(29,30)19-11-20(17(23)10-16(19)22)34(31,32)25-14-5-7-26(8-6-14)12-21(27)28/h3-4,9-11,14,25H,5-8,12H2,1-2H3,(H,27,28). The molecule has 1 saturated heterocycles. The van der Waals surface area contributed by atoms with Gasteiger partial charge in [0, 0.05) is 24.5 Å². The summed E-state index contributed by atoms with van der Waals surface area (Å²) < 4.78 is 69.6. The maximum Gasteiger partial charge on any atom is 0.317 e. The first-order valence-corrected chi connectivity index (χ1v) is 13.9. The van der Waals surface area contributed by atoms with Gasteiger partial charge >= 0.3 is 5.97 Å². The number of carbonyl (C=O) groups is 1. The number of piperidine rings is 1. The Kier molecular flexibility index (Phi) is 6.31. The van der Waals surface area contributed by atoms with E-state index in [1.54, 1.807) is 18.7 Å². The molecule has 2 aromatic carbocycles. The van der Waals surface area contributed by atoms with Crippen LogP contribution in [0.25, 0.3) is 0 Å². The lowest BCUT2D eigenvalue weighted by Gasteiger charge is -2.35. The summed E-state index contributed by atoms with van der Waals surface area (Å²) in [6, 6.07) is 5.50. The number of likely N-dealkylation sites (tertiary alicyclic amines) is 1. The fourth-order valence-electron chi connectivity index (χ4n) is 4.63. The number of hydrogen-bond donors (Lipinski definition) is 2. The van der Waals surface area contributed by atoms with Crippen molar-refractivity contribution in [2.75, 3.05) is 19.6 Å². The minimum absolute atomic E-state index is 0.119. The highest BCUT2D eigenvalue weighted by Crippen LogP contribution is 2.47. The van der Waals surface area contributed by atoms with Gasteiger partial charge in [0.25, 0.3) is 0 Å². The van der Waals surface area contributed by atoms with Gasteiger partial charge in [0.1, 0.15) is 10.7 Å². The van der Waals surface area contributed by atoms with Crippen molar-refractivity contribution < 1.29 is 31.1 Å². The third-order valence-corrected chi connectivity index (χ3v) is 10.3. The Bertz CT molecular complexity index is 1380. The molecule has 2 aromatic rings. The highest BCUT2D eigenvalue weighted by Gasteiger charge is 2.42. The lowest BCUT2D eigenvalue weighted by Crippen LogP contribution is -2.45. The third-order valence-electron chi connectivity index (χ3n) is 6.46. The summed E-state index contributed by atoms with van der Waals surface area (Å²) in [4.78, 5) is 11.8. The second-order valence-corrected chi connectivity index (χ2v) is 13.1. The minimum Gasteiger partial charge on any atom is -0.480 e. The van der Waals surface area contributed by atoms with Crippen LogP contribution in [0, 0.1) is 5.82 Å². The van der Waals surface area contributed by atoms with Crippen LogP contribution in [0.3, 0.4) is 0 Å². The predicted octanol–water partition coefficient (Wildman–Crippen LogP) is 2.78. The number of aliphatic carboxylic acids is 1. The first-order valence-electron chi connectivity index (χ1n) is 10.6. The highest BCUT2D eigenvalue weighted by molar-refractivity contribution is 7.92. The molecule has 0 aliphatic carbocycles. The van der Waals surface area contributed by atoms with Gasteiger partial charge in [0.2, 0.25) is 19.9 Å². The molecule has 1 fully saturated rings. The van der Waals surface area contributed by atoms with Gasteiger partial charge in [0.05, 0.1) is 21.4 Å². The summed E-state index contributed by atoms with van der Waals surface area (Å²) in [5, 5.41) is 8.79. The van der Waals surface area contributed by atoms with E-state index in [1.165, 1.54) is 18.2 Å². The lowest BCUT2D eigenvalue weighted by atomic mass is 9.77. The molecule has 0 aromatic heterocycles. The number of carboxylic acids is 1. The van der Waals surface area contributed by atoms with Crippen molar-refractivity contribution in [1.29, 1.82) is 0 Å². The zero-order valence-electron chi connectivity index (χ0n) is 18.5. The molecule has 0 radical (unpaired) electrons. The molecule has 0 unspecified atom stereocenters. The number of nitrogens with one attached hydrogen (secondary N) is 1. The largest absolute Gasteiger partial charge is 0.480 e. The second-order valence-electron chi connectivity index (χ2n) is 9.11. The van der Waals surface area contributed by atoms with Crippen LogP contribution >= 0.6 is 11.6 Å². The van der Waals surface area contributed by atoms with Crippen LogP contribution in [0.2, 0.25) is 5.02 Å². The second kappa shape index (κ2) is 8.56. The number of fused-ring (bicyclic) bond motifs is 2. The van der Waals surface area contributed by atoms with Gasteiger partial charge in [-0.25, -0.2) is 25.9 Å². The molecule has 0 bridgehead atoms. The van der Waals surface area contributed by atoms with Gasteiger partial charge in [-0.15, -0.1) is 0 Å². The van der Waals surface area contributed by atoms with E-state index in [2.05, 4.69) is 4.72 Å². The fraction of sp³-hybridized carbons (Fsp3) is 0.409. The molecule has 8 nitrogen and oxygen atoms in total. The summed E-state index contributed by atoms with van der Waals surface area (Å²) in [6.45, 7) is 4.23. The Morgan fingerprint density at radius 1 is 1.18 bits per heavy atom. The zero-order valence-corrected chi connectivity index (χ0v) is 20.9. The third kappa shape index (κ3) is 4.35. The number of halogens is 2. The van der Waals surface area contributed by atoms with Crippen LogP contribution in [-0.4, -0.2) is 58.5 Å². The van der Waals surface area contributed by atoms with E-state index in [0.717, 1.165) is 12.1 Å². The molecule has 2 aliphatic heterocycles. The van der Waals surface area contributed by atoms with Gasteiger partial charge in [-0.05, 0) is 48.2 Å². The molecular weight excluding hydrogens is 507 g/mol. The first kappa shape index (κ1) is 25.1. The van der Waals surface area contributed by atoms with Crippen LogP contribution in [0.5, 0.6) is 0 Å². The van der Waals surface area contributed by atoms with E-state index in [9.17, 15) is 26.0 Å². The van der Waals surface area contributed by atoms with Crippen molar-refractivity contribution >= 4 is 37.4 Å². The van der Waals surface area contributed by atoms with Gasteiger partial charge in [-0.1, -0.05) is 31.5 Å². The summed E-state index contributed by atoms with van der Waals surface area (Å²) in [6.07, 6.45) is 0.792. The van der Waals surface area contributed by atoms with E-state index in [-0.39, 0.29) is 26.3 Å². The molecule has 2 N–H and O–H groups in total. The molecule has 0 spiro atoms.